The smallest absolute Gasteiger partial charge is 0.162 e. The Bertz CT molecular complexity index is 579. The van der Waals surface area contributed by atoms with Gasteiger partial charge in [0.25, 0.3) is 0 Å². The van der Waals surface area contributed by atoms with Crippen LogP contribution in [0.1, 0.15) is 30.4 Å². The summed E-state index contributed by atoms with van der Waals surface area (Å²) in [6.45, 7) is 1.37. The Labute approximate surface area is 122 Å². The maximum absolute atomic E-state index is 12.9. The van der Waals surface area contributed by atoms with Crippen LogP contribution in [0.15, 0.2) is 30.4 Å². The molecule has 2 unspecified atom stereocenters. The second-order valence-electron chi connectivity index (χ2n) is 5.45. The molecule has 0 aromatic heterocycles. The molecule has 3 rings (SSSR count). The number of halogens is 2. The first-order chi connectivity index (χ1) is 9.97. The molecule has 0 heterocycles. The van der Waals surface area contributed by atoms with Gasteiger partial charge in [-0.2, -0.15) is 0 Å². The fourth-order valence-electron chi connectivity index (χ4n) is 2.72. The van der Waals surface area contributed by atoms with E-state index in [4.69, 9.17) is 0 Å². The summed E-state index contributed by atoms with van der Waals surface area (Å²) < 4.78 is 25.6. The number of carbonyl (C=O) groups is 1. The van der Waals surface area contributed by atoms with Gasteiger partial charge in [-0.05, 0) is 61.3 Å². The molecule has 0 amide bonds. The van der Waals surface area contributed by atoms with E-state index in [1.807, 2.05) is 0 Å². The minimum atomic E-state index is -1.38. The van der Waals surface area contributed by atoms with E-state index in [1.54, 1.807) is 0 Å². The van der Waals surface area contributed by atoms with Gasteiger partial charge in [0.15, 0.2) is 11.6 Å². The van der Waals surface area contributed by atoms with Crippen LogP contribution in [0.3, 0.4) is 0 Å². The molecule has 2 nitrogen and oxygen atoms in total. The zero-order valence-corrected chi connectivity index (χ0v) is 11.8. The molecule has 0 saturated heterocycles. The third-order valence-electron chi connectivity index (χ3n) is 3.95. The number of carboxylic acid groups (broad SMARTS) is 1. The quantitative estimate of drug-likeness (QED) is 0.621. The molecule has 1 fully saturated rings. The summed E-state index contributed by atoms with van der Waals surface area (Å²) in [5.74, 6) is -1.32. The van der Waals surface area contributed by atoms with Gasteiger partial charge >= 0.3 is 0 Å². The van der Waals surface area contributed by atoms with Crippen molar-refractivity contribution >= 4 is 12.0 Å². The third kappa shape index (κ3) is 4.00. The fourth-order valence-corrected chi connectivity index (χ4v) is 2.72. The summed E-state index contributed by atoms with van der Waals surface area (Å²) in [5.41, 5.74) is 0.385. The van der Waals surface area contributed by atoms with Crippen LogP contribution >= 0.6 is 0 Å². The highest BCUT2D eigenvalue weighted by Gasteiger charge is 2.25. The van der Waals surface area contributed by atoms with E-state index in [0.29, 0.717) is 5.56 Å². The Balaban J connectivity index is 0.000000189. The molecule has 1 aromatic rings. The average Bonchev–Trinajstić information content (AvgIpc) is 3.10. The summed E-state index contributed by atoms with van der Waals surface area (Å²) in [4.78, 5) is 10.1. The maximum Gasteiger partial charge on any atom is 0.162 e. The van der Waals surface area contributed by atoms with Crippen molar-refractivity contribution < 1.29 is 18.7 Å². The molecule has 0 radical (unpaired) electrons. The van der Waals surface area contributed by atoms with Crippen LogP contribution in [0.4, 0.5) is 8.78 Å². The van der Waals surface area contributed by atoms with Crippen LogP contribution in [0.5, 0.6) is 0 Å². The molecule has 4 heteroatoms. The molecule has 0 N–H and O–H groups in total. The van der Waals surface area contributed by atoms with Crippen LogP contribution < -0.4 is 5.11 Å². The summed E-state index contributed by atoms with van der Waals surface area (Å²) in [6, 6.07) is 2.24. The molecular weight excluding hydrogens is 274 g/mol. The van der Waals surface area contributed by atoms with Gasteiger partial charge in [0.05, 0.1) is 5.97 Å². The number of benzene rings is 1. The molecule has 2 aliphatic rings. The molecule has 0 spiro atoms. The third-order valence-corrected chi connectivity index (χ3v) is 3.95. The van der Waals surface area contributed by atoms with E-state index in [2.05, 4.69) is 12.2 Å². The van der Waals surface area contributed by atoms with Crippen molar-refractivity contribution in [3.05, 3.63) is 53.1 Å². The highest BCUT2D eigenvalue weighted by molar-refractivity contribution is 5.83. The maximum atomic E-state index is 12.9. The number of rotatable bonds is 2. The number of carbonyl (C=O) groups excluding carboxylic acids is 1. The van der Waals surface area contributed by atoms with Gasteiger partial charge in [-0.15, -0.1) is 0 Å². The lowest BCUT2D eigenvalue weighted by molar-refractivity contribution is -0.297. The van der Waals surface area contributed by atoms with Crippen LogP contribution in [-0.2, 0) is 4.79 Å². The number of aliphatic carboxylic acids is 1. The average molecular weight is 291 g/mol. The molecule has 2 atom stereocenters. The Hall–Kier alpha value is -1.97. The second-order valence-corrected chi connectivity index (χ2v) is 5.45. The second kappa shape index (κ2) is 6.66. The zero-order valence-electron chi connectivity index (χ0n) is 11.8. The number of fused-ring (bicyclic) bond motifs is 2. The van der Waals surface area contributed by atoms with Gasteiger partial charge in [-0.1, -0.05) is 24.3 Å². The van der Waals surface area contributed by atoms with Crippen molar-refractivity contribution in [2.75, 3.05) is 0 Å². The number of hydrogen-bond donors (Lipinski definition) is 0. The Morgan fingerprint density at radius 1 is 1.24 bits per heavy atom. The molecule has 0 aliphatic heterocycles. The predicted molar refractivity (Wildman–Crippen MR) is 75.1 cm³/mol. The van der Waals surface area contributed by atoms with Gasteiger partial charge in [0.2, 0.25) is 0 Å². The zero-order chi connectivity index (χ0) is 15.4. The van der Waals surface area contributed by atoms with Crippen molar-refractivity contribution in [2.45, 2.75) is 26.2 Å². The summed E-state index contributed by atoms with van der Waals surface area (Å²) in [7, 11) is 0. The monoisotopic (exact) mass is 291 g/mol. The van der Waals surface area contributed by atoms with Crippen LogP contribution in [0.25, 0.3) is 6.08 Å². The summed E-state index contributed by atoms with van der Waals surface area (Å²) in [6.07, 6.45) is 11.1. The molecule has 1 aromatic carbocycles. The molecule has 2 bridgehead atoms. The lowest BCUT2D eigenvalue weighted by Crippen LogP contribution is -2.18. The standard InChI is InChI=1S/C10H8F2O2.C7H10/c1-6-7(3-5-9(13)14)2-4-8(11)10(6)12;1-2-7-4-3-6(1)5-7/h2-5H,1H3,(H,13,14);1-2,6-7H,3-5H2/p-1. The van der Waals surface area contributed by atoms with E-state index in [0.717, 1.165) is 30.1 Å². The minimum absolute atomic E-state index is 0.0718. The number of carboxylic acids is 1. The van der Waals surface area contributed by atoms with E-state index >= 15 is 0 Å². The van der Waals surface area contributed by atoms with Crippen LogP contribution in [0, 0.1) is 30.4 Å². The highest BCUT2D eigenvalue weighted by atomic mass is 19.2. The number of allylic oxidation sites excluding steroid dienone is 2. The Morgan fingerprint density at radius 3 is 2.29 bits per heavy atom. The van der Waals surface area contributed by atoms with Gasteiger partial charge in [-0.3, -0.25) is 0 Å². The van der Waals surface area contributed by atoms with E-state index < -0.39 is 17.6 Å². The highest BCUT2D eigenvalue weighted by Crippen LogP contribution is 2.38. The van der Waals surface area contributed by atoms with Crippen molar-refractivity contribution in [2.24, 2.45) is 11.8 Å². The first kappa shape index (κ1) is 15.4. The first-order valence-corrected chi connectivity index (χ1v) is 6.99. The van der Waals surface area contributed by atoms with Crippen molar-refractivity contribution in [1.82, 2.24) is 0 Å². The Morgan fingerprint density at radius 2 is 1.86 bits per heavy atom. The van der Waals surface area contributed by atoms with Crippen molar-refractivity contribution in [1.29, 1.82) is 0 Å². The first-order valence-electron chi connectivity index (χ1n) is 6.99. The number of hydrogen-bond acceptors (Lipinski definition) is 2. The summed E-state index contributed by atoms with van der Waals surface area (Å²) in [5, 5.41) is 10.1. The molecular formula is C17H17F2O2-. The fraction of sp³-hybridized carbons (Fsp3) is 0.353. The molecule has 2 aliphatic carbocycles. The van der Waals surface area contributed by atoms with E-state index in [1.165, 1.54) is 32.3 Å². The molecule has 112 valence electrons. The van der Waals surface area contributed by atoms with Crippen molar-refractivity contribution in [3.63, 3.8) is 0 Å². The van der Waals surface area contributed by atoms with Crippen molar-refractivity contribution in [3.8, 4) is 0 Å². The minimum Gasteiger partial charge on any atom is -0.545 e. The molecule has 21 heavy (non-hydrogen) atoms. The largest absolute Gasteiger partial charge is 0.545 e. The van der Waals surface area contributed by atoms with E-state index in [9.17, 15) is 18.7 Å². The normalized spacial score (nSPS) is 22.4. The van der Waals surface area contributed by atoms with Gasteiger partial charge in [0.1, 0.15) is 0 Å². The van der Waals surface area contributed by atoms with Crippen LogP contribution in [0.2, 0.25) is 0 Å². The Kier molecular flexibility index (Phi) is 4.89. The van der Waals surface area contributed by atoms with Gasteiger partial charge in [-0.25, -0.2) is 8.78 Å². The summed E-state index contributed by atoms with van der Waals surface area (Å²) >= 11 is 0. The van der Waals surface area contributed by atoms with Crippen LogP contribution in [-0.4, -0.2) is 5.97 Å². The lowest BCUT2D eigenvalue weighted by atomic mass is 10.1. The lowest BCUT2D eigenvalue weighted by Gasteiger charge is -2.02. The van der Waals surface area contributed by atoms with Gasteiger partial charge < -0.3 is 9.90 Å². The van der Waals surface area contributed by atoms with E-state index in [-0.39, 0.29) is 5.56 Å². The predicted octanol–water partition coefficient (Wildman–Crippen LogP) is 3.01. The SMILES string of the molecule is C1=CC2CCC1C2.Cc1c(C=CC(=O)[O-])ccc(F)c1F. The van der Waals surface area contributed by atoms with Gasteiger partial charge in [0, 0.05) is 0 Å². The molecule has 1 saturated carbocycles. The topological polar surface area (TPSA) is 40.1 Å².